The fraction of sp³-hybridized carbons (Fsp3) is 0.765. The smallest absolute Gasteiger partial charge is 0.333 e. The molecule has 0 aliphatic heterocycles. The summed E-state index contributed by atoms with van der Waals surface area (Å²) in [6.07, 6.45) is 17.6. The molecule has 2 rings (SSSR count). The molecule has 222 valence electrons. The Morgan fingerprint density at radius 1 is 0.974 bits per heavy atom. The molecule has 0 spiro atoms. The summed E-state index contributed by atoms with van der Waals surface area (Å²) in [4.78, 5) is 24.7. The number of hydrogen-bond donors (Lipinski definition) is 1. The first-order chi connectivity index (χ1) is 18.3. The van der Waals surface area contributed by atoms with Crippen LogP contribution in [0, 0.1) is 22.7 Å². The molecule has 1 N–H and O–H groups in total. The van der Waals surface area contributed by atoms with Crippen LogP contribution in [0.5, 0.6) is 0 Å². The number of halogens is 1. The lowest BCUT2D eigenvalue weighted by Gasteiger charge is -2.60. The van der Waals surface area contributed by atoms with Gasteiger partial charge in [0.1, 0.15) is 5.78 Å². The number of allylic oxidation sites excluding steroid dienone is 5. The Kier molecular flexibility index (Phi) is 13.2. The molecular weight excluding hydrogens is 552 g/mol. The van der Waals surface area contributed by atoms with E-state index in [0.29, 0.717) is 30.3 Å². The van der Waals surface area contributed by atoms with Gasteiger partial charge in [0.15, 0.2) is 0 Å². The van der Waals surface area contributed by atoms with Crippen LogP contribution in [0.25, 0.3) is 0 Å². The van der Waals surface area contributed by atoms with E-state index < -0.39 is 5.60 Å². The normalized spacial score (nSPS) is 29.8. The third-order valence-electron chi connectivity index (χ3n) is 9.81. The molecule has 0 radical (unpaired) electrons. The van der Waals surface area contributed by atoms with Gasteiger partial charge in [-0.1, -0.05) is 66.1 Å². The maximum Gasteiger partial charge on any atom is 0.333 e. The molecule has 0 amide bonds. The minimum absolute atomic E-state index is 0.0115. The molecule has 2 aliphatic carbocycles. The number of fused-ring (bicyclic) bond motifs is 1. The topological polar surface area (TPSA) is 63.6 Å². The van der Waals surface area contributed by atoms with Gasteiger partial charge in [0.25, 0.3) is 0 Å². The van der Waals surface area contributed by atoms with Crippen LogP contribution >= 0.6 is 15.9 Å². The van der Waals surface area contributed by atoms with Crippen molar-refractivity contribution in [2.75, 3.05) is 11.9 Å². The van der Waals surface area contributed by atoms with Gasteiger partial charge in [-0.15, -0.1) is 0 Å². The molecule has 0 saturated heterocycles. The predicted octanol–water partition coefficient (Wildman–Crippen LogP) is 9.06. The highest BCUT2D eigenvalue weighted by Gasteiger charge is 2.59. The number of alkyl halides is 1. The molecule has 0 aromatic rings. The number of aliphatic hydroxyl groups is 1. The summed E-state index contributed by atoms with van der Waals surface area (Å²) in [7, 11) is 0. The first-order valence-corrected chi connectivity index (χ1v) is 16.3. The number of ether oxygens (including phenoxy) is 1. The Hall–Kier alpha value is -1.20. The molecule has 2 saturated carbocycles. The first kappa shape index (κ1) is 34.0. The first-order valence-electron chi connectivity index (χ1n) is 15.2. The van der Waals surface area contributed by atoms with E-state index in [2.05, 4.69) is 62.7 Å². The van der Waals surface area contributed by atoms with Gasteiger partial charge in [-0.2, -0.15) is 0 Å². The highest BCUT2D eigenvalue weighted by atomic mass is 79.9. The number of ketones is 1. The number of esters is 1. The van der Waals surface area contributed by atoms with Crippen LogP contribution in [-0.4, -0.2) is 34.4 Å². The zero-order valence-electron chi connectivity index (χ0n) is 25.8. The van der Waals surface area contributed by atoms with Gasteiger partial charge in [-0.3, -0.25) is 4.79 Å². The number of hydrogen-bond acceptors (Lipinski definition) is 4. The van der Waals surface area contributed by atoms with Crippen LogP contribution in [0.1, 0.15) is 126 Å². The molecule has 0 aromatic heterocycles. The fourth-order valence-corrected chi connectivity index (χ4v) is 7.69. The van der Waals surface area contributed by atoms with Crippen LogP contribution in [0.2, 0.25) is 0 Å². The summed E-state index contributed by atoms with van der Waals surface area (Å²) in [5.74, 6) is 0.759. The monoisotopic (exact) mass is 606 g/mol. The molecule has 39 heavy (non-hydrogen) atoms. The summed E-state index contributed by atoms with van der Waals surface area (Å²) in [6.45, 7) is 15.3. The Balaban J connectivity index is 1.81. The Labute approximate surface area is 247 Å². The van der Waals surface area contributed by atoms with E-state index in [4.69, 9.17) is 4.74 Å². The van der Waals surface area contributed by atoms with Gasteiger partial charge < -0.3 is 9.84 Å². The molecule has 0 unspecified atom stereocenters. The van der Waals surface area contributed by atoms with Crippen LogP contribution in [0.3, 0.4) is 0 Å². The van der Waals surface area contributed by atoms with Crippen molar-refractivity contribution in [2.45, 2.75) is 131 Å². The summed E-state index contributed by atoms with van der Waals surface area (Å²) >= 11 is 3.39. The SMILES string of the molecule is C/C(=C\CC/C(C)=C/CC[C@@H]1[C@@]2(C)CCC(=O)C(C)(C)[C@@H]2CC[C@@]1(C)O)CC/C=C(\C)C(=O)OCCCCBr. The largest absolute Gasteiger partial charge is 0.462 e. The summed E-state index contributed by atoms with van der Waals surface area (Å²) in [6, 6.07) is 0. The van der Waals surface area contributed by atoms with Crippen molar-refractivity contribution in [1.29, 1.82) is 0 Å². The zero-order valence-corrected chi connectivity index (χ0v) is 27.4. The second-order valence-electron chi connectivity index (χ2n) is 13.3. The van der Waals surface area contributed by atoms with Crippen molar-refractivity contribution in [1.82, 2.24) is 0 Å². The number of unbranched alkanes of at least 4 members (excludes halogenated alkanes) is 1. The van der Waals surface area contributed by atoms with Crippen molar-refractivity contribution in [2.24, 2.45) is 22.7 Å². The number of carbonyl (C=O) groups is 2. The van der Waals surface area contributed by atoms with E-state index in [1.165, 1.54) is 11.1 Å². The molecule has 2 aliphatic rings. The summed E-state index contributed by atoms with van der Waals surface area (Å²) in [5.41, 5.74) is 2.50. The Morgan fingerprint density at radius 3 is 2.23 bits per heavy atom. The second-order valence-corrected chi connectivity index (χ2v) is 14.1. The van der Waals surface area contributed by atoms with Gasteiger partial charge in [0.2, 0.25) is 0 Å². The van der Waals surface area contributed by atoms with Gasteiger partial charge >= 0.3 is 5.97 Å². The van der Waals surface area contributed by atoms with Crippen molar-refractivity contribution >= 4 is 27.7 Å². The molecular formula is C34H55BrO4. The van der Waals surface area contributed by atoms with E-state index >= 15 is 0 Å². The van der Waals surface area contributed by atoms with E-state index in [1.807, 2.05) is 19.9 Å². The Morgan fingerprint density at radius 2 is 1.59 bits per heavy atom. The number of Topliss-reactive ketones (excluding diaryl/α,β-unsaturated/α-hetero) is 1. The van der Waals surface area contributed by atoms with Crippen molar-refractivity contribution in [3.8, 4) is 0 Å². The van der Waals surface area contributed by atoms with Crippen LogP contribution < -0.4 is 0 Å². The average molecular weight is 608 g/mol. The lowest BCUT2D eigenvalue weighted by Crippen LogP contribution is -2.59. The van der Waals surface area contributed by atoms with E-state index in [-0.39, 0.29) is 22.7 Å². The van der Waals surface area contributed by atoms with Gasteiger partial charge in [-0.25, -0.2) is 4.79 Å². The van der Waals surface area contributed by atoms with Crippen molar-refractivity contribution < 1.29 is 19.4 Å². The van der Waals surface area contributed by atoms with Crippen LogP contribution in [0.15, 0.2) is 34.9 Å². The highest BCUT2D eigenvalue weighted by molar-refractivity contribution is 9.09. The van der Waals surface area contributed by atoms with Crippen LogP contribution in [-0.2, 0) is 14.3 Å². The molecule has 0 bridgehead atoms. The van der Waals surface area contributed by atoms with Gasteiger partial charge in [-0.05, 0) is 116 Å². The molecule has 0 heterocycles. The van der Waals surface area contributed by atoms with E-state index in [0.717, 1.165) is 76.0 Å². The molecule has 2 fully saturated rings. The van der Waals surface area contributed by atoms with Gasteiger partial charge in [0.05, 0.1) is 12.2 Å². The molecule has 4 atom stereocenters. The quantitative estimate of drug-likeness (QED) is 0.0704. The number of carbonyl (C=O) groups excluding carboxylic acids is 2. The molecule has 5 heteroatoms. The van der Waals surface area contributed by atoms with E-state index in [9.17, 15) is 14.7 Å². The van der Waals surface area contributed by atoms with Crippen molar-refractivity contribution in [3.05, 3.63) is 34.9 Å². The minimum atomic E-state index is -0.666. The highest BCUT2D eigenvalue weighted by Crippen LogP contribution is 2.62. The maximum atomic E-state index is 12.7. The van der Waals surface area contributed by atoms with Crippen LogP contribution in [0.4, 0.5) is 0 Å². The average Bonchev–Trinajstić information content (AvgIpc) is 2.85. The maximum absolute atomic E-state index is 12.7. The molecule has 4 nitrogen and oxygen atoms in total. The molecule has 0 aromatic carbocycles. The second kappa shape index (κ2) is 15.1. The van der Waals surface area contributed by atoms with Crippen molar-refractivity contribution in [3.63, 3.8) is 0 Å². The third-order valence-corrected chi connectivity index (χ3v) is 10.4. The number of rotatable bonds is 14. The summed E-state index contributed by atoms with van der Waals surface area (Å²) in [5, 5.41) is 12.3. The minimum Gasteiger partial charge on any atom is -0.462 e. The van der Waals surface area contributed by atoms with Gasteiger partial charge in [0, 0.05) is 22.7 Å². The Bertz CT molecular complexity index is 925. The predicted molar refractivity (Wildman–Crippen MR) is 166 cm³/mol. The lowest BCUT2D eigenvalue weighted by molar-refractivity contribution is -0.177. The zero-order chi connectivity index (χ0) is 29.3. The summed E-state index contributed by atoms with van der Waals surface area (Å²) < 4.78 is 5.31. The fourth-order valence-electron chi connectivity index (χ4n) is 7.29. The third kappa shape index (κ3) is 9.42. The lowest BCUT2D eigenvalue weighted by atomic mass is 9.45. The standard InChI is InChI=1S/C34H55BrO4/c1-25(15-11-17-27(3)31(37)39-24-9-8-23-35)13-10-14-26(2)16-12-18-29-33(6)21-20-30(36)32(4,5)28(33)19-22-34(29,7)38/h13,16-17,28-29,38H,8-12,14-15,18-24H2,1-7H3/b25-13+,26-16+,27-17+/t28-,29+,33-,34+/m0/s1. The van der Waals surface area contributed by atoms with E-state index in [1.54, 1.807) is 0 Å².